The highest BCUT2D eigenvalue weighted by molar-refractivity contribution is 5.89. The van der Waals surface area contributed by atoms with Gasteiger partial charge in [0.15, 0.2) is 0 Å². The Morgan fingerprint density at radius 2 is 1.87 bits per heavy atom. The lowest BCUT2D eigenvalue weighted by atomic mass is 9.77. The molecule has 0 unspecified atom stereocenters. The summed E-state index contributed by atoms with van der Waals surface area (Å²) < 4.78 is 23.5. The number of esters is 2. The van der Waals surface area contributed by atoms with Gasteiger partial charge in [-0.05, 0) is 81.4 Å². The standard InChI is InChI=1S/C36H49N3O7/c1-8-24-29-21-39(31(24)34(42)44-7)33(41)25(35(2,3)4)20-30(40)46-36(5)18-12-14-22(36)13-10-9-11-15-27-32(45-29)38-28-19-23(43-6)16-17-26(28)37-27/h11,15-17,19,22,24-25,29,31H,8-10,12-14,18,20-21H2,1-7H3/b15-11+/t22-,24-,25-,29+,31+,36-/m1/s1. The van der Waals surface area contributed by atoms with E-state index in [1.807, 2.05) is 58.9 Å². The van der Waals surface area contributed by atoms with Gasteiger partial charge in [-0.3, -0.25) is 9.59 Å². The second kappa shape index (κ2) is 13.6. The largest absolute Gasteiger partial charge is 0.497 e. The number of ether oxygens (including phenoxy) is 4. The van der Waals surface area contributed by atoms with Crippen LogP contribution in [0.3, 0.4) is 0 Å². The molecule has 3 aliphatic rings. The molecule has 2 bridgehead atoms. The van der Waals surface area contributed by atoms with Crippen molar-refractivity contribution in [1.29, 1.82) is 0 Å². The molecule has 1 saturated carbocycles. The number of carbonyl (C=O) groups excluding carboxylic acids is 3. The second-order valence-corrected chi connectivity index (χ2v) is 14.3. The predicted octanol–water partition coefficient (Wildman–Crippen LogP) is 6.15. The first kappa shape index (κ1) is 33.7. The van der Waals surface area contributed by atoms with E-state index in [-0.39, 0.29) is 36.7 Å². The van der Waals surface area contributed by atoms with E-state index in [9.17, 15) is 14.4 Å². The van der Waals surface area contributed by atoms with Gasteiger partial charge in [0.25, 0.3) is 0 Å². The fourth-order valence-electron chi connectivity index (χ4n) is 7.54. The number of aromatic nitrogens is 2. The molecule has 250 valence electrons. The lowest BCUT2D eigenvalue weighted by molar-refractivity contribution is -0.167. The van der Waals surface area contributed by atoms with Gasteiger partial charge in [-0.1, -0.05) is 33.8 Å². The molecule has 10 heteroatoms. The van der Waals surface area contributed by atoms with E-state index in [0.717, 1.165) is 38.5 Å². The second-order valence-electron chi connectivity index (χ2n) is 14.3. The summed E-state index contributed by atoms with van der Waals surface area (Å²) in [7, 11) is 2.93. The van der Waals surface area contributed by atoms with Crippen LogP contribution < -0.4 is 9.47 Å². The van der Waals surface area contributed by atoms with Crippen molar-refractivity contribution in [2.45, 2.75) is 104 Å². The molecule has 3 heterocycles. The van der Waals surface area contributed by atoms with Crippen LogP contribution in [0.4, 0.5) is 0 Å². The molecule has 6 atom stereocenters. The van der Waals surface area contributed by atoms with Crippen molar-refractivity contribution in [3.63, 3.8) is 0 Å². The lowest BCUT2D eigenvalue weighted by Crippen LogP contribution is -2.49. The summed E-state index contributed by atoms with van der Waals surface area (Å²) in [6.45, 7) is 9.98. The monoisotopic (exact) mass is 635 g/mol. The van der Waals surface area contributed by atoms with Gasteiger partial charge in [0.05, 0.1) is 44.1 Å². The van der Waals surface area contributed by atoms with Gasteiger partial charge in [0.2, 0.25) is 11.8 Å². The Balaban J connectivity index is 1.60. The highest BCUT2D eigenvalue weighted by Gasteiger charge is 2.52. The van der Waals surface area contributed by atoms with Crippen molar-refractivity contribution >= 4 is 35.0 Å². The molecule has 0 N–H and O–H groups in total. The Labute approximate surface area is 272 Å². The zero-order valence-corrected chi connectivity index (χ0v) is 28.3. The van der Waals surface area contributed by atoms with Gasteiger partial charge in [-0.15, -0.1) is 0 Å². The van der Waals surface area contributed by atoms with Crippen molar-refractivity contribution in [2.24, 2.45) is 23.2 Å². The van der Waals surface area contributed by atoms with Crippen molar-refractivity contribution in [2.75, 3.05) is 20.8 Å². The van der Waals surface area contributed by atoms with Gasteiger partial charge in [0.1, 0.15) is 29.2 Å². The average Bonchev–Trinajstić information content (AvgIpc) is 3.57. The Bertz CT molecular complexity index is 1480. The minimum absolute atomic E-state index is 0.0672. The van der Waals surface area contributed by atoms with Gasteiger partial charge in [0, 0.05) is 12.0 Å². The number of carbonyl (C=O) groups is 3. The molecular weight excluding hydrogens is 586 g/mol. The zero-order valence-electron chi connectivity index (χ0n) is 28.3. The highest BCUT2D eigenvalue weighted by Crippen LogP contribution is 2.43. The molecule has 1 saturated heterocycles. The minimum Gasteiger partial charge on any atom is -0.497 e. The van der Waals surface area contributed by atoms with Gasteiger partial charge < -0.3 is 23.8 Å². The summed E-state index contributed by atoms with van der Waals surface area (Å²) in [6, 6.07) is 4.65. The van der Waals surface area contributed by atoms with Crippen LogP contribution in [0.1, 0.15) is 91.7 Å². The zero-order chi connectivity index (χ0) is 33.2. The molecule has 1 aromatic heterocycles. The first-order chi connectivity index (χ1) is 21.9. The molecule has 2 aliphatic heterocycles. The normalized spacial score (nSPS) is 30.0. The molecule has 0 radical (unpaired) electrons. The van der Waals surface area contributed by atoms with Crippen LogP contribution in [-0.2, 0) is 23.9 Å². The summed E-state index contributed by atoms with van der Waals surface area (Å²) in [4.78, 5) is 52.7. The van der Waals surface area contributed by atoms with Crippen molar-refractivity contribution < 1.29 is 33.3 Å². The summed E-state index contributed by atoms with van der Waals surface area (Å²) in [6.07, 6.45) is 9.43. The number of amides is 1. The number of nitrogens with zero attached hydrogens (tertiary/aromatic N) is 3. The highest BCUT2D eigenvalue weighted by atomic mass is 16.6. The van der Waals surface area contributed by atoms with E-state index in [4.69, 9.17) is 28.9 Å². The van der Waals surface area contributed by atoms with Crippen molar-refractivity contribution in [3.8, 4) is 11.6 Å². The lowest BCUT2D eigenvalue weighted by Gasteiger charge is -2.36. The molecule has 46 heavy (non-hydrogen) atoms. The third kappa shape index (κ3) is 6.86. The molecule has 2 fully saturated rings. The maximum Gasteiger partial charge on any atom is 0.329 e. The predicted molar refractivity (Wildman–Crippen MR) is 174 cm³/mol. The fourth-order valence-corrected chi connectivity index (χ4v) is 7.54. The van der Waals surface area contributed by atoms with E-state index in [1.54, 1.807) is 12.0 Å². The smallest absolute Gasteiger partial charge is 0.329 e. The van der Waals surface area contributed by atoms with E-state index < -0.39 is 35.0 Å². The number of hydrogen-bond donors (Lipinski definition) is 0. The van der Waals surface area contributed by atoms with Crippen LogP contribution in [0.2, 0.25) is 0 Å². The average molecular weight is 636 g/mol. The third-order valence-electron chi connectivity index (χ3n) is 10.3. The SMILES string of the molecule is CC[C@@H]1[C@@H]2CN(C(=O)[C@H](C(C)(C)C)CC(=O)O[C@]3(C)CCC[C@H]3CCC/C=C/c3nc4ccc(OC)cc4nc3O2)[C@@H]1C(=O)OC. The Morgan fingerprint density at radius 1 is 1.11 bits per heavy atom. The van der Waals surface area contributed by atoms with Crippen LogP contribution in [0.5, 0.6) is 11.6 Å². The first-order valence-corrected chi connectivity index (χ1v) is 16.7. The van der Waals surface area contributed by atoms with Crippen LogP contribution in [-0.4, -0.2) is 71.2 Å². The molecule has 2 aromatic rings. The minimum atomic E-state index is -0.875. The summed E-state index contributed by atoms with van der Waals surface area (Å²) >= 11 is 0. The van der Waals surface area contributed by atoms with Gasteiger partial charge in [-0.2, -0.15) is 0 Å². The maximum atomic E-state index is 14.5. The number of allylic oxidation sites excluding steroid dienone is 1. The summed E-state index contributed by atoms with van der Waals surface area (Å²) in [5, 5.41) is 0. The first-order valence-electron chi connectivity index (χ1n) is 16.7. The van der Waals surface area contributed by atoms with Crippen LogP contribution >= 0.6 is 0 Å². The number of benzene rings is 1. The molecule has 5 rings (SSSR count). The topological polar surface area (TPSA) is 117 Å². The molecule has 1 aliphatic carbocycles. The van der Waals surface area contributed by atoms with Gasteiger partial charge >= 0.3 is 11.9 Å². The van der Waals surface area contributed by atoms with Crippen LogP contribution in [0.25, 0.3) is 17.1 Å². The number of rotatable bonds is 3. The van der Waals surface area contributed by atoms with Gasteiger partial charge in [-0.25, -0.2) is 14.8 Å². The molecule has 1 aromatic carbocycles. The number of hydrogen-bond acceptors (Lipinski definition) is 9. The molecule has 0 spiro atoms. The van der Waals surface area contributed by atoms with Crippen LogP contribution in [0.15, 0.2) is 24.3 Å². The van der Waals surface area contributed by atoms with E-state index in [2.05, 4.69) is 6.08 Å². The number of methoxy groups -OCH3 is 2. The van der Waals surface area contributed by atoms with E-state index in [0.29, 0.717) is 34.8 Å². The van der Waals surface area contributed by atoms with Crippen LogP contribution in [0, 0.1) is 23.2 Å². The Hall–Kier alpha value is -3.69. The summed E-state index contributed by atoms with van der Waals surface area (Å²) in [5.41, 5.74) is 0.762. The Morgan fingerprint density at radius 3 is 2.57 bits per heavy atom. The molecular formula is C36H49N3O7. The molecule has 10 nitrogen and oxygen atoms in total. The van der Waals surface area contributed by atoms with Crippen molar-refractivity contribution in [1.82, 2.24) is 14.9 Å². The quantitative estimate of drug-likeness (QED) is 0.366. The van der Waals surface area contributed by atoms with E-state index in [1.165, 1.54) is 7.11 Å². The molecule has 1 amide bonds. The Kier molecular flexibility index (Phi) is 9.94. The van der Waals surface area contributed by atoms with E-state index >= 15 is 0 Å². The maximum absolute atomic E-state index is 14.5. The fraction of sp³-hybridized carbons (Fsp3) is 0.639. The number of fused-ring (bicyclic) bond motifs is 5. The van der Waals surface area contributed by atoms with Crippen molar-refractivity contribution in [3.05, 3.63) is 30.0 Å². The third-order valence-corrected chi connectivity index (χ3v) is 10.3. The summed E-state index contributed by atoms with van der Waals surface area (Å²) in [5.74, 6) is -1.02.